The number of rotatable bonds is 8. The molecule has 0 saturated heterocycles. The van der Waals surface area contributed by atoms with E-state index in [0.717, 1.165) is 12.8 Å². The SMILES string of the molecule is CCCCCc1ccc(C(=O)C(=O)c2ccc(OC)cc2)cc1. The van der Waals surface area contributed by atoms with E-state index in [9.17, 15) is 9.59 Å². The van der Waals surface area contributed by atoms with Crippen molar-refractivity contribution in [2.24, 2.45) is 0 Å². The van der Waals surface area contributed by atoms with Crippen molar-refractivity contribution < 1.29 is 14.3 Å². The number of aryl methyl sites for hydroxylation is 1. The lowest BCUT2D eigenvalue weighted by Gasteiger charge is -2.04. The van der Waals surface area contributed by atoms with Crippen LogP contribution in [0.3, 0.4) is 0 Å². The monoisotopic (exact) mass is 310 g/mol. The zero-order chi connectivity index (χ0) is 16.7. The molecule has 0 aromatic heterocycles. The first kappa shape index (κ1) is 16.9. The maximum atomic E-state index is 12.3. The largest absolute Gasteiger partial charge is 0.497 e. The third kappa shape index (κ3) is 4.52. The van der Waals surface area contributed by atoms with E-state index >= 15 is 0 Å². The summed E-state index contributed by atoms with van der Waals surface area (Å²) in [5.74, 6) is -0.313. The molecule has 23 heavy (non-hydrogen) atoms. The maximum absolute atomic E-state index is 12.3. The molecule has 0 N–H and O–H groups in total. The van der Waals surface area contributed by atoms with Gasteiger partial charge in [-0.15, -0.1) is 0 Å². The van der Waals surface area contributed by atoms with Gasteiger partial charge in [0.2, 0.25) is 11.6 Å². The summed E-state index contributed by atoms with van der Waals surface area (Å²) >= 11 is 0. The normalized spacial score (nSPS) is 10.3. The highest BCUT2D eigenvalue weighted by Gasteiger charge is 2.18. The van der Waals surface area contributed by atoms with E-state index in [-0.39, 0.29) is 0 Å². The molecule has 3 nitrogen and oxygen atoms in total. The van der Waals surface area contributed by atoms with E-state index in [1.807, 2.05) is 12.1 Å². The minimum Gasteiger partial charge on any atom is -0.497 e. The van der Waals surface area contributed by atoms with E-state index < -0.39 is 11.6 Å². The summed E-state index contributed by atoms with van der Waals surface area (Å²) in [5, 5.41) is 0. The third-order valence-corrected chi connectivity index (χ3v) is 3.84. The Bertz CT molecular complexity index is 654. The van der Waals surface area contributed by atoms with Crippen molar-refractivity contribution in [3.05, 3.63) is 65.2 Å². The molecule has 0 aliphatic carbocycles. The fraction of sp³-hybridized carbons (Fsp3) is 0.300. The molecule has 0 aliphatic heterocycles. The van der Waals surface area contributed by atoms with Crippen molar-refractivity contribution in [1.29, 1.82) is 0 Å². The second kappa shape index (κ2) is 8.28. The van der Waals surface area contributed by atoms with Crippen LogP contribution >= 0.6 is 0 Å². The standard InChI is InChI=1S/C20H22O3/c1-3-4-5-6-15-7-9-16(10-8-15)19(21)20(22)17-11-13-18(23-2)14-12-17/h7-14H,3-6H2,1-2H3. The van der Waals surface area contributed by atoms with Gasteiger partial charge in [0.25, 0.3) is 0 Å². The highest BCUT2D eigenvalue weighted by molar-refractivity contribution is 6.49. The van der Waals surface area contributed by atoms with Crippen molar-refractivity contribution in [2.75, 3.05) is 7.11 Å². The van der Waals surface area contributed by atoms with Crippen molar-refractivity contribution in [3.8, 4) is 5.75 Å². The first-order valence-electron chi connectivity index (χ1n) is 7.97. The van der Waals surface area contributed by atoms with Gasteiger partial charge >= 0.3 is 0 Å². The molecule has 0 bridgehead atoms. The first-order valence-corrected chi connectivity index (χ1v) is 7.97. The minimum absolute atomic E-state index is 0.378. The number of hydrogen-bond donors (Lipinski definition) is 0. The summed E-state index contributed by atoms with van der Waals surface area (Å²) in [6.07, 6.45) is 4.55. The molecule has 0 unspecified atom stereocenters. The molecule has 2 rings (SSSR count). The lowest BCUT2D eigenvalue weighted by Crippen LogP contribution is -2.14. The van der Waals surface area contributed by atoms with Crippen molar-refractivity contribution in [1.82, 2.24) is 0 Å². The van der Waals surface area contributed by atoms with E-state index in [1.165, 1.54) is 18.4 Å². The number of unbranched alkanes of at least 4 members (excludes halogenated alkanes) is 2. The second-order valence-corrected chi connectivity index (χ2v) is 5.54. The second-order valence-electron chi connectivity index (χ2n) is 5.54. The smallest absolute Gasteiger partial charge is 0.233 e. The van der Waals surface area contributed by atoms with Gasteiger partial charge in [-0.2, -0.15) is 0 Å². The first-order chi connectivity index (χ1) is 11.2. The molecule has 3 heteroatoms. The lowest BCUT2D eigenvalue weighted by atomic mass is 9.99. The van der Waals surface area contributed by atoms with Gasteiger partial charge in [0.05, 0.1) is 7.11 Å². The predicted molar refractivity (Wildman–Crippen MR) is 91.3 cm³/mol. The van der Waals surface area contributed by atoms with Crippen molar-refractivity contribution >= 4 is 11.6 Å². The third-order valence-electron chi connectivity index (χ3n) is 3.84. The highest BCUT2D eigenvalue weighted by atomic mass is 16.5. The molecule has 2 aromatic rings. The number of ketones is 2. The molecule has 0 spiro atoms. The van der Waals surface area contributed by atoms with Crippen LogP contribution in [-0.4, -0.2) is 18.7 Å². The highest BCUT2D eigenvalue weighted by Crippen LogP contribution is 2.15. The number of benzene rings is 2. The fourth-order valence-corrected chi connectivity index (χ4v) is 2.41. The van der Waals surface area contributed by atoms with E-state index in [4.69, 9.17) is 4.74 Å². The van der Waals surface area contributed by atoms with Crippen LogP contribution < -0.4 is 4.74 Å². The van der Waals surface area contributed by atoms with Gasteiger partial charge < -0.3 is 4.74 Å². The van der Waals surface area contributed by atoms with Gasteiger partial charge in [-0.1, -0.05) is 44.0 Å². The van der Waals surface area contributed by atoms with Crippen LogP contribution in [0.4, 0.5) is 0 Å². The summed E-state index contributed by atoms with van der Waals surface area (Å²) in [7, 11) is 1.56. The van der Waals surface area contributed by atoms with Gasteiger partial charge in [0.1, 0.15) is 5.75 Å². The Morgan fingerprint density at radius 2 is 1.35 bits per heavy atom. The molecule has 0 atom stereocenters. The molecular weight excluding hydrogens is 288 g/mol. The Morgan fingerprint density at radius 1 is 0.826 bits per heavy atom. The Kier molecular flexibility index (Phi) is 6.10. The van der Waals surface area contributed by atoms with Gasteiger partial charge in [0.15, 0.2) is 0 Å². The molecule has 0 fully saturated rings. The molecule has 0 amide bonds. The predicted octanol–water partition coefficient (Wildman–Crippen LogP) is 4.49. The van der Waals surface area contributed by atoms with E-state index in [1.54, 1.807) is 43.5 Å². The number of carbonyl (C=O) groups is 2. The number of carbonyl (C=O) groups excluding carboxylic acids is 2. The summed E-state index contributed by atoms with van der Waals surface area (Å²) in [6.45, 7) is 2.17. The van der Waals surface area contributed by atoms with Crippen LogP contribution in [0.2, 0.25) is 0 Å². The van der Waals surface area contributed by atoms with Crippen LogP contribution in [0.5, 0.6) is 5.75 Å². The van der Waals surface area contributed by atoms with Gasteiger partial charge in [0, 0.05) is 11.1 Å². The Balaban J connectivity index is 2.05. The van der Waals surface area contributed by atoms with Crippen LogP contribution in [0.15, 0.2) is 48.5 Å². The quantitative estimate of drug-likeness (QED) is 0.410. The van der Waals surface area contributed by atoms with Gasteiger partial charge in [-0.05, 0) is 42.7 Å². The number of ether oxygens (including phenoxy) is 1. The number of methoxy groups -OCH3 is 1. The lowest BCUT2D eigenvalue weighted by molar-refractivity contribution is 0.0817. The van der Waals surface area contributed by atoms with E-state index in [0.29, 0.717) is 16.9 Å². The Morgan fingerprint density at radius 3 is 1.83 bits per heavy atom. The Hall–Kier alpha value is -2.42. The summed E-state index contributed by atoms with van der Waals surface area (Å²) in [5.41, 5.74) is 2.01. The van der Waals surface area contributed by atoms with Crippen LogP contribution in [0.1, 0.15) is 52.5 Å². The molecule has 2 aromatic carbocycles. The zero-order valence-corrected chi connectivity index (χ0v) is 13.7. The molecule has 0 heterocycles. The topological polar surface area (TPSA) is 43.4 Å². The number of Topliss-reactive ketones (excluding diaryl/α,β-unsaturated/α-hetero) is 2. The van der Waals surface area contributed by atoms with Crippen LogP contribution in [-0.2, 0) is 6.42 Å². The van der Waals surface area contributed by atoms with Crippen LogP contribution in [0.25, 0.3) is 0 Å². The summed E-state index contributed by atoms with van der Waals surface area (Å²) < 4.78 is 5.05. The van der Waals surface area contributed by atoms with E-state index in [2.05, 4.69) is 6.92 Å². The van der Waals surface area contributed by atoms with Crippen LogP contribution in [0, 0.1) is 0 Å². The molecule has 120 valence electrons. The van der Waals surface area contributed by atoms with Gasteiger partial charge in [-0.3, -0.25) is 9.59 Å². The average molecular weight is 310 g/mol. The molecule has 0 aliphatic rings. The molecular formula is C20H22O3. The molecule has 0 saturated carbocycles. The van der Waals surface area contributed by atoms with Crippen molar-refractivity contribution in [3.63, 3.8) is 0 Å². The average Bonchev–Trinajstić information content (AvgIpc) is 2.61. The zero-order valence-electron chi connectivity index (χ0n) is 13.7. The van der Waals surface area contributed by atoms with Gasteiger partial charge in [-0.25, -0.2) is 0 Å². The van der Waals surface area contributed by atoms with Crippen molar-refractivity contribution in [2.45, 2.75) is 32.6 Å². The number of hydrogen-bond acceptors (Lipinski definition) is 3. The Labute approximate surface area is 137 Å². The maximum Gasteiger partial charge on any atom is 0.233 e. The minimum atomic E-state index is -0.494. The summed E-state index contributed by atoms with van der Waals surface area (Å²) in [6, 6.07) is 13.9. The summed E-state index contributed by atoms with van der Waals surface area (Å²) in [4.78, 5) is 24.5. The fourth-order valence-electron chi connectivity index (χ4n) is 2.41. The molecule has 0 radical (unpaired) electrons.